The lowest BCUT2D eigenvalue weighted by atomic mass is 9.99. The van der Waals surface area contributed by atoms with Crippen LogP contribution in [0.15, 0.2) is 157 Å². The number of ketones is 2. The summed E-state index contributed by atoms with van der Waals surface area (Å²) in [6.07, 6.45) is 11.1. The van der Waals surface area contributed by atoms with E-state index in [4.69, 9.17) is 9.47 Å². The molecule has 0 spiro atoms. The molecule has 0 unspecified atom stereocenters. The number of benzene rings is 4. The highest BCUT2D eigenvalue weighted by molar-refractivity contribution is 7.12. The molecule has 0 N–H and O–H groups in total. The minimum Gasteiger partial charge on any atom is -0.487 e. The number of ether oxygens (including phenoxy) is 2. The fraction of sp³-hybridized carbons (Fsp3) is 0.106. The van der Waals surface area contributed by atoms with Crippen molar-refractivity contribution in [3.05, 3.63) is 211 Å². The molecule has 0 fully saturated rings. The van der Waals surface area contributed by atoms with Gasteiger partial charge in [0.05, 0.1) is 35.2 Å². The van der Waals surface area contributed by atoms with Crippen molar-refractivity contribution in [1.82, 2.24) is 30.0 Å². The first-order valence-electron chi connectivity index (χ1n) is 18.9. The van der Waals surface area contributed by atoms with Crippen molar-refractivity contribution in [3.8, 4) is 11.5 Å². The van der Waals surface area contributed by atoms with E-state index in [1.54, 1.807) is 33.7 Å². The number of aromatic nitrogens is 6. The molecular weight excluding hydrogens is 777 g/mol. The maximum absolute atomic E-state index is 13.0. The van der Waals surface area contributed by atoms with E-state index in [9.17, 15) is 9.59 Å². The molecular formula is C47H38N6O4S2. The lowest BCUT2D eigenvalue weighted by Crippen LogP contribution is -2.01. The van der Waals surface area contributed by atoms with E-state index in [-0.39, 0.29) is 24.8 Å². The third kappa shape index (κ3) is 10.7. The molecule has 10 nitrogen and oxygen atoms in total. The monoisotopic (exact) mass is 814 g/mol. The second-order valence-corrected chi connectivity index (χ2v) is 15.5. The van der Waals surface area contributed by atoms with Crippen LogP contribution in [0.3, 0.4) is 0 Å². The van der Waals surface area contributed by atoms with Gasteiger partial charge >= 0.3 is 0 Å². The molecule has 4 aromatic carbocycles. The molecule has 0 aliphatic heterocycles. The topological polar surface area (TPSA) is 114 Å². The van der Waals surface area contributed by atoms with Crippen molar-refractivity contribution in [2.45, 2.75) is 32.7 Å². The Morgan fingerprint density at radius 1 is 0.542 bits per heavy atom. The molecule has 0 radical (unpaired) electrons. The molecule has 0 atom stereocenters. The molecule has 12 heteroatoms. The number of nitrogens with zero attached hydrogens (tertiary/aromatic N) is 6. The highest BCUT2D eigenvalue weighted by Crippen LogP contribution is 2.28. The zero-order valence-electron chi connectivity index (χ0n) is 31.8. The summed E-state index contributed by atoms with van der Waals surface area (Å²) in [4.78, 5) is 27.3. The Morgan fingerprint density at radius 3 is 1.42 bits per heavy atom. The lowest BCUT2D eigenvalue weighted by molar-refractivity contribution is 0.104. The first-order chi connectivity index (χ1) is 29.0. The van der Waals surface area contributed by atoms with Gasteiger partial charge in [0.15, 0.2) is 11.6 Å². The summed E-state index contributed by atoms with van der Waals surface area (Å²) in [7, 11) is 0. The van der Waals surface area contributed by atoms with Gasteiger partial charge in [0, 0.05) is 11.1 Å². The largest absolute Gasteiger partial charge is 0.487 e. The Hall–Kier alpha value is -7.02. The molecule has 0 bridgehead atoms. The van der Waals surface area contributed by atoms with Gasteiger partial charge in [-0.2, -0.15) is 0 Å². The molecule has 0 amide bonds. The highest BCUT2D eigenvalue weighted by Gasteiger charge is 2.12. The van der Waals surface area contributed by atoms with Crippen LogP contribution in [0, 0.1) is 0 Å². The molecule has 4 heterocycles. The van der Waals surface area contributed by atoms with Crippen LogP contribution < -0.4 is 9.47 Å². The smallest absolute Gasteiger partial charge is 0.195 e. The molecule has 0 saturated carbocycles. The highest BCUT2D eigenvalue weighted by atomic mass is 32.1. The Bertz CT molecular complexity index is 2500. The SMILES string of the molecule is O=C(/C=C/c1cc(Cc2ccc(OCc3cn(Cc4ccccc4)nn3)c(/C=C/C(=O)c3cccs3)c2)ccc1OCc1cn(Cc2ccccc2)nn1)c1cccs1. The van der Waals surface area contributed by atoms with Gasteiger partial charge in [0.2, 0.25) is 0 Å². The number of allylic oxidation sites excluding steroid dienone is 2. The van der Waals surface area contributed by atoms with E-state index < -0.39 is 0 Å². The number of carbonyl (C=O) groups excluding carboxylic acids is 2. The zero-order valence-corrected chi connectivity index (χ0v) is 33.5. The maximum atomic E-state index is 13.0. The van der Waals surface area contributed by atoms with Gasteiger partial charge < -0.3 is 9.47 Å². The van der Waals surface area contributed by atoms with Crippen LogP contribution in [-0.4, -0.2) is 41.6 Å². The Balaban J connectivity index is 1.01. The van der Waals surface area contributed by atoms with Gasteiger partial charge in [-0.1, -0.05) is 95.4 Å². The molecule has 8 rings (SSSR count). The first kappa shape index (κ1) is 38.8. The van der Waals surface area contributed by atoms with Gasteiger partial charge in [-0.25, -0.2) is 9.36 Å². The maximum Gasteiger partial charge on any atom is 0.195 e. The second-order valence-electron chi connectivity index (χ2n) is 13.6. The average molecular weight is 815 g/mol. The molecule has 59 heavy (non-hydrogen) atoms. The van der Waals surface area contributed by atoms with E-state index in [0.717, 1.165) is 33.4 Å². The molecule has 0 aliphatic carbocycles. The Labute approximate surface area is 349 Å². The third-order valence-electron chi connectivity index (χ3n) is 9.21. The molecule has 0 saturated heterocycles. The van der Waals surface area contributed by atoms with Crippen LogP contribution in [0.2, 0.25) is 0 Å². The Kier molecular flexibility index (Phi) is 12.5. The normalized spacial score (nSPS) is 11.4. The molecule has 0 aliphatic rings. The van der Waals surface area contributed by atoms with E-state index >= 15 is 0 Å². The predicted octanol–water partition coefficient (Wildman–Crippen LogP) is 9.63. The zero-order chi connectivity index (χ0) is 40.2. The van der Waals surface area contributed by atoms with Gasteiger partial charge in [0.25, 0.3) is 0 Å². The van der Waals surface area contributed by atoms with E-state index in [1.807, 2.05) is 144 Å². The molecule has 8 aromatic rings. The summed E-state index contributed by atoms with van der Waals surface area (Å²) in [5.41, 5.74) is 7.14. The van der Waals surface area contributed by atoms with Crippen LogP contribution >= 0.6 is 22.7 Å². The van der Waals surface area contributed by atoms with Crippen LogP contribution in [0.5, 0.6) is 11.5 Å². The number of carbonyl (C=O) groups is 2. The second kappa shape index (κ2) is 18.9. The minimum atomic E-state index is -0.0805. The fourth-order valence-corrected chi connectivity index (χ4v) is 7.61. The minimum absolute atomic E-state index is 0.0805. The summed E-state index contributed by atoms with van der Waals surface area (Å²) in [5.74, 6) is 1.06. The standard InChI is InChI=1S/C47H38N6O4S2/c54-42(46-13-7-23-58-46)19-17-38-26-36(15-21-44(38)56-32-40-30-52(50-48-40)28-34-9-3-1-4-10-34)25-37-16-22-45(39(27-37)18-20-43(55)47-14-8-24-59-47)57-33-41-31-53(51-49-41)29-35-11-5-2-6-12-35/h1-24,26-27,30-31H,25,28-29,32-33H2/b19-17+,20-18+. The number of rotatable bonds is 18. The third-order valence-corrected chi connectivity index (χ3v) is 11.0. The van der Waals surface area contributed by atoms with Gasteiger partial charge in [-0.15, -0.1) is 32.9 Å². The van der Waals surface area contributed by atoms with Crippen LogP contribution in [-0.2, 0) is 32.7 Å². The summed E-state index contributed by atoms with van der Waals surface area (Å²) >= 11 is 2.81. The average Bonchev–Trinajstić information content (AvgIpc) is 4.12. The summed E-state index contributed by atoms with van der Waals surface area (Å²) in [5, 5.41) is 21.0. The fourth-order valence-electron chi connectivity index (χ4n) is 6.32. The summed E-state index contributed by atoms with van der Waals surface area (Å²) in [6.45, 7) is 1.63. The van der Waals surface area contributed by atoms with Crippen molar-refractivity contribution < 1.29 is 19.1 Å². The van der Waals surface area contributed by atoms with Crippen molar-refractivity contribution in [1.29, 1.82) is 0 Å². The van der Waals surface area contributed by atoms with Crippen LogP contribution in [0.4, 0.5) is 0 Å². The van der Waals surface area contributed by atoms with Crippen LogP contribution in [0.25, 0.3) is 12.2 Å². The van der Waals surface area contributed by atoms with E-state index in [1.165, 1.54) is 22.7 Å². The van der Waals surface area contributed by atoms with Crippen molar-refractivity contribution in [3.63, 3.8) is 0 Å². The van der Waals surface area contributed by atoms with Gasteiger partial charge in [-0.3, -0.25) is 9.59 Å². The van der Waals surface area contributed by atoms with Crippen LogP contribution in [0.1, 0.15) is 64.1 Å². The summed E-state index contributed by atoms with van der Waals surface area (Å²) < 4.78 is 16.1. The van der Waals surface area contributed by atoms with Crippen molar-refractivity contribution in [2.24, 2.45) is 0 Å². The number of hydrogen-bond donors (Lipinski definition) is 0. The quantitative estimate of drug-likeness (QED) is 0.0622. The van der Waals surface area contributed by atoms with E-state index in [2.05, 4.69) is 20.6 Å². The van der Waals surface area contributed by atoms with Crippen molar-refractivity contribution in [2.75, 3.05) is 0 Å². The Morgan fingerprint density at radius 2 is 1.00 bits per heavy atom. The first-order valence-corrected chi connectivity index (χ1v) is 20.7. The van der Waals surface area contributed by atoms with Gasteiger partial charge in [-0.05, 0) is 100 Å². The lowest BCUT2D eigenvalue weighted by Gasteiger charge is -2.13. The molecule has 292 valence electrons. The van der Waals surface area contributed by atoms with Gasteiger partial charge in [0.1, 0.15) is 36.1 Å². The number of hydrogen-bond acceptors (Lipinski definition) is 10. The number of thiophene rings is 2. The van der Waals surface area contributed by atoms with Crippen molar-refractivity contribution >= 4 is 46.4 Å². The summed E-state index contributed by atoms with van der Waals surface area (Å²) in [6, 6.07) is 39.4. The predicted molar refractivity (Wildman–Crippen MR) is 231 cm³/mol. The molecule has 4 aromatic heterocycles. The van der Waals surface area contributed by atoms with E-state index in [0.29, 0.717) is 52.2 Å².